The first kappa shape index (κ1) is 16.2. The van der Waals surface area contributed by atoms with Crippen LogP contribution in [0.4, 0.5) is 5.95 Å². The summed E-state index contributed by atoms with van der Waals surface area (Å²) in [7, 11) is 0. The second kappa shape index (κ2) is 7.25. The van der Waals surface area contributed by atoms with Gasteiger partial charge < -0.3 is 9.80 Å². The first-order valence-electron chi connectivity index (χ1n) is 8.70. The molecule has 23 heavy (non-hydrogen) atoms. The number of carbonyl (C=O) groups is 1. The molecule has 2 aliphatic heterocycles. The van der Waals surface area contributed by atoms with Gasteiger partial charge in [0, 0.05) is 50.7 Å². The fourth-order valence-electron chi connectivity index (χ4n) is 3.75. The summed E-state index contributed by atoms with van der Waals surface area (Å²) in [5, 5.41) is 0. The predicted octanol–water partition coefficient (Wildman–Crippen LogP) is 1.39. The van der Waals surface area contributed by atoms with Gasteiger partial charge in [0.2, 0.25) is 11.9 Å². The minimum atomic E-state index is 0.286. The lowest BCUT2D eigenvalue weighted by Crippen LogP contribution is -2.54. The van der Waals surface area contributed by atoms with E-state index in [2.05, 4.69) is 38.5 Å². The summed E-state index contributed by atoms with van der Waals surface area (Å²) in [5.74, 6) is 1.07. The molecule has 0 saturated carbocycles. The van der Waals surface area contributed by atoms with Crippen molar-refractivity contribution in [1.82, 2.24) is 19.8 Å². The summed E-state index contributed by atoms with van der Waals surface area (Å²) in [6.07, 6.45) is 7.06. The third kappa shape index (κ3) is 3.80. The smallest absolute Gasteiger partial charge is 0.237 e. The topological polar surface area (TPSA) is 52.6 Å². The summed E-state index contributed by atoms with van der Waals surface area (Å²) in [4.78, 5) is 27.8. The summed E-state index contributed by atoms with van der Waals surface area (Å²) >= 11 is 0. The van der Waals surface area contributed by atoms with Gasteiger partial charge in [-0.05, 0) is 39.2 Å². The Kier molecular flexibility index (Phi) is 5.10. The third-order valence-corrected chi connectivity index (χ3v) is 5.05. The Bertz CT molecular complexity index is 505. The van der Waals surface area contributed by atoms with E-state index in [9.17, 15) is 4.79 Å². The van der Waals surface area contributed by atoms with Crippen molar-refractivity contribution in [2.45, 2.75) is 45.2 Å². The van der Waals surface area contributed by atoms with E-state index >= 15 is 0 Å². The highest BCUT2D eigenvalue weighted by Gasteiger charge is 2.30. The molecule has 2 atom stereocenters. The molecule has 1 aromatic rings. The lowest BCUT2D eigenvalue weighted by Gasteiger charge is -2.41. The van der Waals surface area contributed by atoms with Crippen LogP contribution < -0.4 is 4.90 Å². The van der Waals surface area contributed by atoms with Crippen molar-refractivity contribution in [2.24, 2.45) is 0 Å². The molecule has 0 N–H and O–H groups in total. The first-order valence-corrected chi connectivity index (χ1v) is 8.70. The van der Waals surface area contributed by atoms with Crippen LogP contribution in [0.5, 0.6) is 0 Å². The molecule has 0 aliphatic carbocycles. The SMILES string of the molecule is CC1CCCC(C)N1C(=O)CN1CCN(c2ncccn2)CC1. The van der Waals surface area contributed by atoms with E-state index in [-0.39, 0.29) is 5.91 Å². The Balaban J connectivity index is 1.51. The minimum Gasteiger partial charge on any atom is -0.338 e. The van der Waals surface area contributed by atoms with Gasteiger partial charge in [0.05, 0.1) is 6.54 Å². The van der Waals surface area contributed by atoms with Crippen molar-refractivity contribution < 1.29 is 4.79 Å². The van der Waals surface area contributed by atoms with Gasteiger partial charge in [-0.3, -0.25) is 9.69 Å². The van der Waals surface area contributed by atoms with E-state index < -0.39 is 0 Å². The average Bonchev–Trinajstić information content (AvgIpc) is 2.56. The van der Waals surface area contributed by atoms with E-state index in [0.29, 0.717) is 18.6 Å². The molecule has 1 aromatic heterocycles. The van der Waals surface area contributed by atoms with Crippen LogP contribution in [0, 0.1) is 0 Å². The van der Waals surface area contributed by atoms with Crippen LogP contribution in [0.15, 0.2) is 18.5 Å². The monoisotopic (exact) mass is 317 g/mol. The molecule has 2 saturated heterocycles. The molecule has 2 unspecified atom stereocenters. The van der Waals surface area contributed by atoms with Crippen molar-refractivity contribution in [3.63, 3.8) is 0 Å². The van der Waals surface area contributed by atoms with Crippen LogP contribution >= 0.6 is 0 Å². The molecular weight excluding hydrogens is 290 g/mol. The van der Waals surface area contributed by atoms with E-state index in [1.165, 1.54) is 6.42 Å². The lowest BCUT2D eigenvalue weighted by molar-refractivity contribution is -0.138. The molecule has 0 aromatic carbocycles. The standard InChI is InChI=1S/C17H27N5O/c1-14-5-3-6-15(2)22(14)16(23)13-20-9-11-21(12-10-20)17-18-7-4-8-19-17/h4,7-8,14-15H,3,5-6,9-13H2,1-2H3. The largest absolute Gasteiger partial charge is 0.338 e. The van der Waals surface area contributed by atoms with Gasteiger partial charge >= 0.3 is 0 Å². The number of carbonyl (C=O) groups excluding carboxylic acids is 1. The second-order valence-corrected chi connectivity index (χ2v) is 6.74. The average molecular weight is 317 g/mol. The summed E-state index contributed by atoms with van der Waals surface area (Å²) in [6.45, 7) is 8.43. The zero-order valence-electron chi connectivity index (χ0n) is 14.2. The Morgan fingerprint density at radius 2 is 1.70 bits per heavy atom. The minimum absolute atomic E-state index is 0.286. The molecule has 3 heterocycles. The van der Waals surface area contributed by atoms with Crippen LogP contribution in [-0.2, 0) is 4.79 Å². The van der Waals surface area contributed by atoms with Crippen molar-refractivity contribution in [2.75, 3.05) is 37.6 Å². The normalized spacial score (nSPS) is 26.3. The lowest BCUT2D eigenvalue weighted by atomic mass is 9.97. The molecular formula is C17H27N5O. The van der Waals surface area contributed by atoms with Crippen LogP contribution in [0.2, 0.25) is 0 Å². The van der Waals surface area contributed by atoms with Gasteiger partial charge in [-0.25, -0.2) is 9.97 Å². The predicted molar refractivity (Wildman–Crippen MR) is 90.3 cm³/mol. The van der Waals surface area contributed by atoms with Gasteiger partial charge in [0.1, 0.15) is 0 Å². The van der Waals surface area contributed by atoms with Crippen LogP contribution in [-0.4, -0.2) is 70.5 Å². The van der Waals surface area contributed by atoms with Crippen LogP contribution in [0.25, 0.3) is 0 Å². The third-order valence-electron chi connectivity index (χ3n) is 5.05. The molecule has 2 fully saturated rings. The van der Waals surface area contributed by atoms with Gasteiger partial charge in [0.25, 0.3) is 0 Å². The Morgan fingerprint density at radius 3 is 2.30 bits per heavy atom. The number of amides is 1. The number of piperazine rings is 1. The van der Waals surface area contributed by atoms with Crippen LogP contribution in [0.3, 0.4) is 0 Å². The quantitative estimate of drug-likeness (QED) is 0.843. The Labute approximate surface area is 138 Å². The highest BCUT2D eigenvalue weighted by Crippen LogP contribution is 2.22. The zero-order chi connectivity index (χ0) is 16.2. The molecule has 6 nitrogen and oxygen atoms in total. The number of piperidine rings is 1. The number of rotatable bonds is 3. The van der Waals surface area contributed by atoms with E-state index in [1.807, 2.05) is 6.07 Å². The Morgan fingerprint density at radius 1 is 1.09 bits per heavy atom. The van der Waals surface area contributed by atoms with E-state index in [1.54, 1.807) is 12.4 Å². The molecule has 6 heteroatoms. The molecule has 0 spiro atoms. The zero-order valence-corrected chi connectivity index (χ0v) is 14.2. The maximum absolute atomic E-state index is 12.7. The molecule has 2 aliphatic rings. The van der Waals surface area contributed by atoms with Crippen molar-refractivity contribution in [3.8, 4) is 0 Å². The Hall–Kier alpha value is -1.69. The maximum atomic E-state index is 12.7. The van der Waals surface area contributed by atoms with Crippen molar-refractivity contribution in [1.29, 1.82) is 0 Å². The molecule has 0 bridgehead atoms. The first-order chi connectivity index (χ1) is 11.1. The van der Waals surface area contributed by atoms with Crippen molar-refractivity contribution >= 4 is 11.9 Å². The number of hydrogen-bond acceptors (Lipinski definition) is 5. The number of aromatic nitrogens is 2. The fraction of sp³-hybridized carbons (Fsp3) is 0.706. The number of hydrogen-bond donors (Lipinski definition) is 0. The van der Waals surface area contributed by atoms with Gasteiger partial charge in [-0.2, -0.15) is 0 Å². The maximum Gasteiger partial charge on any atom is 0.237 e. The molecule has 3 rings (SSSR count). The van der Waals surface area contributed by atoms with Gasteiger partial charge in [-0.15, -0.1) is 0 Å². The highest BCUT2D eigenvalue weighted by atomic mass is 16.2. The number of nitrogens with zero attached hydrogens (tertiary/aromatic N) is 5. The van der Waals surface area contributed by atoms with E-state index in [4.69, 9.17) is 0 Å². The molecule has 0 radical (unpaired) electrons. The summed E-state index contributed by atoms with van der Waals surface area (Å²) in [6, 6.07) is 2.59. The van der Waals surface area contributed by atoms with E-state index in [0.717, 1.165) is 45.0 Å². The highest BCUT2D eigenvalue weighted by molar-refractivity contribution is 5.79. The van der Waals surface area contributed by atoms with Crippen LogP contribution in [0.1, 0.15) is 33.1 Å². The fourth-order valence-corrected chi connectivity index (χ4v) is 3.75. The molecule has 126 valence electrons. The molecule has 1 amide bonds. The summed E-state index contributed by atoms with van der Waals surface area (Å²) in [5.41, 5.74) is 0. The second-order valence-electron chi connectivity index (χ2n) is 6.74. The summed E-state index contributed by atoms with van der Waals surface area (Å²) < 4.78 is 0. The van der Waals surface area contributed by atoms with Gasteiger partial charge in [-0.1, -0.05) is 0 Å². The van der Waals surface area contributed by atoms with Crippen molar-refractivity contribution in [3.05, 3.63) is 18.5 Å². The number of anilines is 1. The van der Waals surface area contributed by atoms with Gasteiger partial charge in [0.15, 0.2) is 0 Å². The number of likely N-dealkylation sites (tertiary alicyclic amines) is 1.